The number of rotatable bonds is 5. The number of carbonyl (C=O) groups excluding carboxylic acids is 1. The van der Waals surface area contributed by atoms with Gasteiger partial charge < -0.3 is 9.84 Å². The molecule has 1 heterocycles. The monoisotopic (exact) mass is 369 g/mol. The number of amides is 1. The first-order valence-corrected chi connectivity index (χ1v) is 7.80. The molecule has 1 aromatic rings. The summed E-state index contributed by atoms with van der Waals surface area (Å²) in [6, 6.07) is 7.64. The standard InChI is InChI=1S/C17H18F3N3O3/c1-11(2)7-13-8-16(25,17(18,19)20)23(22-13)15(24)10-26-14-5-3-12(9-21)4-6-14/h3-6,8,11,22,25H,7,10H2,1-2H3/t16-/m1/s1. The van der Waals surface area contributed by atoms with Crippen LogP contribution in [0.2, 0.25) is 0 Å². The molecule has 2 N–H and O–H groups in total. The molecule has 0 bridgehead atoms. The van der Waals surface area contributed by atoms with Crippen LogP contribution in [0.4, 0.5) is 13.2 Å². The molecule has 1 aliphatic rings. The maximum absolute atomic E-state index is 13.3. The van der Waals surface area contributed by atoms with Crippen molar-refractivity contribution in [2.45, 2.75) is 32.2 Å². The highest BCUT2D eigenvalue weighted by atomic mass is 19.4. The van der Waals surface area contributed by atoms with Crippen LogP contribution in [0.3, 0.4) is 0 Å². The van der Waals surface area contributed by atoms with Gasteiger partial charge in [-0.2, -0.15) is 18.4 Å². The van der Waals surface area contributed by atoms with E-state index in [0.29, 0.717) is 11.6 Å². The lowest BCUT2D eigenvalue weighted by molar-refractivity contribution is -0.289. The topological polar surface area (TPSA) is 85.6 Å². The number of nitrogens with one attached hydrogen (secondary N) is 1. The Labute approximate surface area is 148 Å². The van der Waals surface area contributed by atoms with E-state index in [9.17, 15) is 23.1 Å². The van der Waals surface area contributed by atoms with E-state index in [-0.39, 0.29) is 28.8 Å². The highest BCUT2D eigenvalue weighted by Crippen LogP contribution is 2.38. The molecule has 9 heteroatoms. The molecule has 1 amide bonds. The second-order valence-electron chi connectivity index (χ2n) is 6.26. The Kier molecular flexibility index (Phi) is 5.47. The first-order chi connectivity index (χ1) is 12.1. The van der Waals surface area contributed by atoms with Crippen molar-refractivity contribution < 1.29 is 27.8 Å². The third-order valence-corrected chi connectivity index (χ3v) is 3.61. The number of carbonyl (C=O) groups is 1. The van der Waals surface area contributed by atoms with Gasteiger partial charge in [-0.25, -0.2) is 5.01 Å². The fraction of sp³-hybridized carbons (Fsp3) is 0.412. The van der Waals surface area contributed by atoms with Crippen LogP contribution < -0.4 is 10.2 Å². The molecular weight excluding hydrogens is 351 g/mol. The van der Waals surface area contributed by atoms with Crippen molar-refractivity contribution in [1.82, 2.24) is 10.4 Å². The molecule has 0 aliphatic carbocycles. The predicted molar refractivity (Wildman–Crippen MR) is 85.2 cm³/mol. The molecule has 140 valence electrons. The lowest BCUT2D eigenvalue weighted by Crippen LogP contribution is -2.61. The minimum atomic E-state index is -5.08. The lowest BCUT2D eigenvalue weighted by atomic mass is 10.1. The molecule has 0 saturated heterocycles. The maximum Gasteiger partial charge on any atom is 0.442 e. The number of ether oxygens (including phenoxy) is 1. The zero-order valence-corrected chi connectivity index (χ0v) is 14.2. The fourth-order valence-corrected chi connectivity index (χ4v) is 2.41. The van der Waals surface area contributed by atoms with Crippen molar-refractivity contribution in [3.8, 4) is 11.8 Å². The van der Waals surface area contributed by atoms with E-state index >= 15 is 0 Å². The quantitative estimate of drug-likeness (QED) is 0.833. The van der Waals surface area contributed by atoms with Crippen molar-refractivity contribution in [2.24, 2.45) is 5.92 Å². The third-order valence-electron chi connectivity index (χ3n) is 3.61. The minimum Gasteiger partial charge on any atom is -0.484 e. The first-order valence-electron chi connectivity index (χ1n) is 7.80. The van der Waals surface area contributed by atoms with Crippen molar-refractivity contribution in [3.05, 3.63) is 41.6 Å². The van der Waals surface area contributed by atoms with E-state index in [1.807, 2.05) is 6.07 Å². The number of alkyl halides is 3. The summed E-state index contributed by atoms with van der Waals surface area (Å²) < 4.78 is 45.1. The van der Waals surface area contributed by atoms with Gasteiger partial charge in [-0.05, 0) is 42.7 Å². The van der Waals surface area contributed by atoms with Crippen molar-refractivity contribution in [3.63, 3.8) is 0 Å². The summed E-state index contributed by atoms with van der Waals surface area (Å²) in [7, 11) is 0. The zero-order valence-electron chi connectivity index (χ0n) is 14.2. The Bertz CT molecular complexity index is 738. The highest BCUT2D eigenvalue weighted by molar-refractivity contribution is 5.79. The molecule has 26 heavy (non-hydrogen) atoms. The van der Waals surface area contributed by atoms with Gasteiger partial charge in [0.2, 0.25) is 0 Å². The number of hydrogen-bond acceptors (Lipinski definition) is 5. The Morgan fingerprint density at radius 3 is 2.50 bits per heavy atom. The van der Waals surface area contributed by atoms with Crippen LogP contribution in [0, 0.1) is 17.2 Å². The van der Waals surface area contributed by atoms with Gasteiger partial charge in [0.15, 0.2) is 6.61 Å². The van der Waals surface area contributed by atoms with Gasteiger partial charge in [-0.3, -0.25) is 10.2 Å². The zero-order chi connectivity index (χ0) is 19.5. The lowest BCUT2D eigenvalue weighted by Gasteiger charge is -2.33. The van der Waals surface area contributed by atoms with Gasteiger partial charge in [-0.1, -0.05) is 13.8 Å². The molecule has 1 aliphatic heterocycles. The Morgan fingerprint density at radius 2 is 2.00 bits per heavy atom. The van der Waals surface area contributed by atoms with Gasteiger partial charge in [0.05, 0.1) is 11.6 Å². The Morgan fingerprint density at radius 1 is 1.38 bits per heavy atom. The summed E-state index contributed by atoms with van der Waals surface area (Å²) in [5, 5.41) is 18.9. The smallest absolute Gasteiger partial charge is 0.442 e. The van der Waals surface area contributed by atoms with E-state index in [2.05, 4.69) is 5.43 Å². The summed E-state index contributed by atoms with van der Waals surface area (Å²) in [4.78, 5) is 12.2. The van der Waals surface area contributed by atoms with Gasteiger partial charge in [0, 0.05) is 5.70 Å². The summed E-state index contributed by atoms with van der Waals surface area (Å²) in [6.07, 6.45) is -4.24. The Hall–Kier alpha value is -2.73. The van der Waals surface area contributed by atoms with Gasteiger partial charge in [0.25, 0.3) is 11.6 Å². The molecule has 0 spiro atoms. The van der Waals surface area contributed by atoms with Crippen LogP contribution in [0.1, 0.15) is 25.8 Å². The molecular formula is C17H18F3N3O3. The van der Waals surface area contributed by atoms with Gasteiger partial charge in [0.1, 0.15) is 5.75 Å². The average molecular weight is 369 g/mol. The summed E-state index contributed by atoms with van der Waals surface area (Å²) in [6.45, 7) is 2.88. The molecule has 6 nitrogen and oxygen atoms in total. The number of halogens is 3. The molecule has 0 unspecified atom stereocenters. The molecule has 0 fully saturated rings. The number of nitriles is 1. The second kappa shape index (κ2) is 7.25. The Balaban J connectivity index is 2.11. The van der Waals surface area contributed by atoms with Crippen LogP contribution in [-0.2, 0) is 4.79 Å². The van der Waals surface area contributed by atoms with Gasteiger partial charge >= 0.3 is 6.18 Å². The number of benzene rings is 1. The summed E-state index contributed by atoms with van der Waals surface area (Å²) in [5.74, 6) is -0.858. The van der Waals surface area contributed by atoms with Crippen LogP contribution in [0.5, 0.6) is 5.75 Å². The number of allylic oxidation sites excluding steroid dienone is 1. The van der Waals surface area contributed by atoms with E-state index in [1.165, 1.54) is 24.3 Å². The largest absolute Gasteiger partial charge is 0.484 e. The average Bonchev–Trinajstić information content (AvgIpc) is 2.90. The summed E-state index contributed by atoms with van der Waals surface area (Å²) >= 11 is 0. The molecule has 0 aromatic heterocycles. The van der Waals surface area contributed by atoms with Gasteiger partial charge in [-0.15, -0.1) is 0 Å². The van der Waals surface area contributed by atoms with Crippen LogP contribution in [-0.4, -0.2) is 34.5 Å². The number of hydrazine groups is 1. The molecule has 0 radical (unpaired) electrons. The van der Waals surface area contributed by atoms with Crippen LogP contribution >= 0.6 is 0 Å². The second-order valence-corrected chi connectivity index (χ2v) is 6.26. The van der Waals surface area contributed by atoms with Crippen LogP contribution in [0.25, 0.3) is 0 Å². The third kappa shape index (κ3) is 4.08. The highest BCUT2D eigenvalue weighted by Gasteiger charge is 2.61. The molecule has 1 atom stereocenters. The number of nitrogens with zero attached hydrogens (tertiary/aromatic N) is 2. The van der Waals surface area contributed by atoms with Crippen molar-refractivity contribution >= 4 is 5.91 Å². The van der Waals surface area contributed by atoms with E-state index in [4.69, 9.17) is 10.00 Å². The summed E-state index contributed by atoms with van der Waals surface area (Å²) in [5.41, 5.74) is -0.639. The van der Waals surface area contributed by atoms with Crippen molar-refractivity contribution in [1.29, 1.82) is 5.26 Å². The minimum absolute atomic E-state index is 0.0242. The number of hydrogen-bond donors (Lipinski definition) is 2. The molecule has 1 aromatic carbocycles. The first kappa shape index (κ1) is 19.6. The maximum atomic E-state index is 13.3. The molecule has 0 saturated carbocycles. The van der Waals surface area contributed by atoms with Crippen LogP contribution in [0.15, 0.2) is 36.0 Å². The normalized spacial score (nSPS) is 19.8. The van der Waals surface area contributed by atoms with Crippen molar-refractivity contribution in [2.75, 3.05) is 6.61 Å². The number of aliphatic hydroxyl groups is 1. The fourth-order valence-electron chi connectivity index (χ4n) is 2.41. The van der Waals surface area contributed by atoms with E-state index < -0.39 is 24.4 Å². The predicted octanol–water partition coefficient (Wildman–Crippen LogP) is 2.46. The SMILES string of the molecule is CC(C)CC1=C[C@@](O)(C(F)(F)F)N(C(=O)COc2ccc(C#N)cc2)N1. The van der Waals surface area contributed by atoms with E-state index in [0.717, 1.165) is 0 Å². The molecule has 2 rings (SSSR count). The van der Waals surface area contributed by atoms with E-state index in [1.54, 1.807) is 13.8 Å².